The van der Waals surface area contributed by atoms with E-state index in [0.29, 0.717) is 46.2 Å². The number of carbonyl (C=O) groups is 1. The molecule has 1 aliphatic rings. The minimum atomic E-state index is -0.0771. The van der Waals surface area contributed by atoms with E-state index in [0.717, 1.165) is 36.3 Å². The molecular weight excluding hydrogens is 482 g/mol. The van der Waals surface area contributed by atoms with E-state index in [1.807, 2.05) is 48.5 Å². The highest BCUT2D eigenvalue weighted by Crippen LogP contribution is 2.42. The van der Waals surface area contributed by atoms with Crippen LogP contribution in [-0.4, -0.2) is 63.3 Å². The fourth-order valence-corrected chi connectivity index (χ4v) is 4.97. The number of fused-ring (bicyclic) bond motifs is 1. The number of aromatic nitrogens is 1. The molecule has 0 bridgehead atoms. The maximum Gasteiger partial charge on any atom is 0.251 e. The van der Waals surface area contributed by atoms with Gasteiger partial charge in [0.1, 0.15) is 11.3 Å². The molecular formula is C30H35N3O5. The van der Waals surface area contributed by atoms with Gasteiger partial charge in [-0.15, -0.1) is 0 Å². The van der Waals surface area contributed by atoms with Gasteiger partial charge in [-0.05, 0) is 61.8 Å². The fraction of sp³-hybridized carbons (Fsp3) is 0.333. The SMILES string of the molecule is COc1cc(-c2cc3nccc(-c4cccc(C(=O)NCCN5CCCCC5)c4)c3o2)cc(OC)c1OC.[HH]. The highest BCUT2D eigenvalue weighted by atomic mass is 16.5. The first kappa shape index (κ1) is 25.6. The molecule has 2 aromatic heterocycles. The third kappa shape index (κ3) is 5.31. The Morgan fingerprint density at radius 1 is 0.974 bits per heavy atom. The smallest absolute Gasteiger partial charge is 0.251 e. The van der Waals surface area contributed by atoms with E-state index in [1.54, 1.807) is 27.5 Å². The van der Waals surface area contributed by atoms with Crippen molar-refractivity contribution in [2.24, 2.45) is 0 Å². The van der Waals surface area contributed by atoms with Crippen molar-refractivity contribution in [1.82, 2.24) is 15.2 Å². The van der Waals surface area contributed by atoms with Crippen molar-refractivity contribution >= 4 is 17.0 Å². The van der Waals surface area contributed by atoms with Gasteiger partial charge in [-0.2, -0.15) is 0 Å². The van der Waals surface area contributed by atoms with E-state index < -0.39 is 0 Å². The Bertz CT molecular complexity index is 1410. The van der Waals surface area contributed by atoms with Gasteiger partial charge >= 0.3 is 0 Å². The molecule has 0 unspecified atom stereocenters. The summed E-state index contributed by atoms with van der Waals surface area (Å²) in [6.07, 6.45) is 5.53. The van der Waals surface area contributed by atoms with E-state index in [-0.39, 0.29) is 7.33 Å². The number of furan rings is 1. The van der Waals surface area contributed by atoms with Gasteiger partial charge in [0.05, 0.1) is 21.3 Å². The summed E-state index contributed by atoms with van der Waals surface area (Å²) in [5.41, 5.74) is 4.47. The van der Waals surface area contributed by atoms with Gasteiger partial charge in [-0.1, -0.05) is 18.6 Å². The van der Waals surface area contributed by atoms with Gasteiger partial charge in [0.15, 0.2) is 17.1 Å². The fourth-order valence-electron chi connectivity index (χ4n) is 4.97. The lowest BCUT2D eigenvalue weighted by Crippen LogP contribution is -2.37. The number of hydrogen-bond donors (Lipinski definition) is 1. The second-order valence-electron chi connectivity index (χ2n) is 9.34. The lowest BCUT2D eigenvalue weighted by atomic mass is 10.0. The molecule has 8 heteroatoms. The van der Waals surface area contributed by atoms with Gasteiger partial charge in [-0.3, -0.25) is 9.78 Å². The van der Waals surface area contributed by atoms with Gasteiger partial charge in [-0.25, -0.2) is 0 Å². The minimum absolute atomic E-state index is 0. The van der Waals surface area contributed by atoms with Crippen LogP contribution in [0.1, 0.15) is 31.0 Å². The number of piperidine rings is 1. The Labute approximate surface area is 224 Å². The van der Waals surface area contributed by atoms with Crippen LogP contribution in [0.25, 0.3) is 33.6 Å². The maximum absolute atomic E-state index is 12.9. The molecule has 1 aliphatic heterocycles. The number of amides is 1. The van der Waals surface area contributed by atoms with Crippen molar-refractivity contribution < 1.29 is 24.8 Å². The van der Waals surface area contributed by atoms with Crippen molar-refractivity contribution in [3.63, 3.8) is 0 Å². The Balaban J connectivity index is 0.00000353. The number of methoxy groups -OCH3 is 3. The van der Waals surface area contributed by atoms with E-state index in [9.17, 15) is 4.79 Å². The predicted molar refractivity (Wildman–Crippen MR) is 149 cm³/mol. The molecule has 0 spiro atoms. The third-order valence-corrected chi connectivity index (χ3v) is 6.96. The summed E-state index contributed by atoms with van der Waals surface area (Å²) in [5.74, 6) is 2.13. The minimum Gasteiger partial charge on any atom is -0.493 e. The molecule has 3 heterocycles. The highest BCUT2D eigenvalue weighted by molar-refractivity contribution is 5.98. The van der Waals surface area contributed by atoms with Crippen LogP contribution in [0.4, 0.5) is 0 Å². The molecule has 1 amide bonds. The van der Waals surface area contributed by atoms with Crippen LogP contribution in [0.2, 0.25) is 0 Å². The van der Waals surface area contributed by atoms with Crippen molar-refractivity contribution in [3.8, 4) is 39.7 Å². The quantitative estimate of drug-likeness (QED) is 0.307. The van der Waals surface area contributed by atoms with Crippen molar-refractivity contribution in [2.45, 2.75) is 19.3 Å². The zero-order valence-electron chi connectivity index (χ0n) is 22.1. The number of nitrogens with zero attached hydrogens (tertiary/aromatic N) is 2. The number of rotatable bonds is 9. The Kier molecular flexibility index (Phi) is 7.79. The zero-order chi connectivity index (χ0) is 26.5. The van der Waals surface area contributed by atoms with E-state index in [2.05, 4.69) is 15.2 Å². The number of ether oxygens (including phenoxy) is 3. The first-order valence-electron chi connectivity index (χ1n) is 12.9. The van der Waals surface area contributed by atoms with Crippen LogP contribution in [0.5, 0.6) is 17.2 Å². The third-order valence-electron chi connectivity index (χ3n) is 6.96. The monoisotopic (exact) mass is 517 g/mol. The number of hydrogen-bond acceptors (Lipinski definition) is 7. The number of pyridine rings is 1. The molecule has 1 fully saturated rings. The number of likely N-dealkylation sites (tertiary alicyclic amines) is 1. The maximum atomic E-state index is 12.9. The van der Waals surface area contributed by atoms with Crippen LogP contribution in [0, 0.1) is 0 Å². The summed E-state index contributed by atoms with van der Waals surface area (Å²) in [4.78, 5) is 19.8. The summed E-state index contributed by atoms with van der Waals surface area (Å²) in [6, 6.07) is 15.1. The molecule has 0 aliphatic carbocycles. The first-order valence-corrected chi connectivity index (χ1v) is 12.9. The first-order chi connectivity index (χ1) is 18.6. The highest BCUT2D eigenvalue weighted by Gasteiger charge is 2.19. The molecule has 4 aromatic rings. The molecule has 8 nitrogen and oxygen atoms in total. The summed E-state index contributed by atoms with van der Waals surface area (Å²) < 4.78 is 22.8. The van der Waals surface area contributed by atoms with Crippen LogP contribution >= 0.6 is 0 Å². The molecule has 0 atom stereocenters. The van der Waals surface area contributed by atoms with E-state index in [4.69, 9.17) is 18.6 Å². The second kappa shape index (κ2) is 11.6. The van der Waals surface area contributed by atoms with Gasteiger partial charge in [0.2, 0.25) is 5.75 Å². The number of nitrogens with one attached hydrogen (secondary N) is 1. The Hall–Kier alpha value is -4.04. The van der Waals surface area contributed by atoms with Crippen LogP contribution in [-0.2, 0) is 0 Å². The molecule has 5 rings (SSSR count). The average molecular weight is 518 g/mol. The van der Waals surface area contributed by atoms with Gasteiger partial charge in [0, 0.05) is 43.5 Å². The van der Waals surface area contributed by atoms with Crippen LogP contribution in [0.15, 0.2) is 59.1 Å². The summed E-state index contributed by atoms with van der Waals surface area (Å²) in [7, 11) is 4.73. The molecule has 1 saturated heterocycles. The molecule has 0 saturated carbocycles. The van der Waals surface area contributed by atoms with Crippen molar-refractivity contribution in [3.05, 3.63) is 60.3 Å². The topological polar surface area (TPSA) is 86.1 Å². The second-order valence-corrected chi connectivity index (χ2v) is 9.34. The summed E-state index contributed by atoms with van der Waals surface area (Å²) in [5, 5.41) is 3.07. The summed E-state index contributed by atoms with van der Waals surface area (Å²) in [6.45, 7) is 3.75. The van der Waals surface area contributed by atoms with Crippen molar-refractivity contribution in [2.75, 3.05) is 47.5 Å². The summed E-state index contributed by atoms with van der Waals surface area (Å²) >= 11 is 0. The number of benzene rings is 2. The molecule has 0 radical (unpaired) electrons. The van der Waals surface area contributed by atoms with E-state index in [1.165, 1.54) is 19.3 Å². The Morgan fingerprint density at radius 2 is 1.74 bits per heavy atom. The molecule has 200 valence electrons. The predicted octanol–water partition coefficient (Wildman–Crippen LogP) is 5.65. The lowest BCUT2D eigenvalue weighted by Gasteiger charge is -2.26. The van der Waals surface area contributed by atoms with Crippen LogP contribution < -0.4 is 19.5 Å². The normalized spacial score (nSPS) is 13.9. The average Bonchev–Trinajstić information content (AvgIpc) is 3.41. The zero-order valence-corrected chi connectivity index (χ0v) is 22.1. The lowest BCUT2D eigenvalue weighted by molar-refractivity contribution is 0.0946. The standard InChI is InChI=1S/C30H33N3O5.H2/c1-35-26-17-22(18-27(36-2)29(26)37-3)25-19-24-28(38-25)23(10-11-31-24)20-8-7-9-21(16-20)30(34)32-12-15-33-13-5-4-6-14-33;/h7-11,16-19H,4-6,12-15H2,1-3H3,(H,32,34);1H. The molecule has 1 N–H and O–H groups in total. The van der Waals surface area contributed by atoms with Gasteiger partial charge in [0.25, 0.3) is 5.91 Å². The molecule has 2 aromatic carbocycles. The molecule has 38 heavy (non-hydrogen) atoms. The van der Waals surface area contributed by atoms with E-state index >= 15 is 0 Å². The van der Waals surface area contributed by atoms with Crippen molar-refractivity contribution in [1.29, 1.82) is 0 Å². The van der Waals surface area contributed by atoms with Gasteiger partial charge < -0.3 is 28.8 Å². The van der Waals surface area contributed by atoms with Crippen LogP contribution in [0.3, 0.4) is 0 Å². The Morgan fingerprint density at radius 3 is 2.45 bits per heavy atom. The number of carbonyl (C=O) groups excluding carboxylic acids is 1. The largest absolute Gasteiger partial charge is 0.493 e.